The van der Waals surface area contributed by atoms with Crippen molar-refractivity contribution in [1.82, 2.24) is 4.57 Å². The minimum Gasteiger partial charge on any atom is -0.493 e. The van der Waals surface area contributed by atoms with Crippen molar-refractivity contribution in [3.63, 3.8) is 0 Å². The lowest BCUT2D eigenvalue weighted by atomic mass is 9.83. The highest BCUT2D eigenvalue weighted by molar-refractivity contribution is 9.10. The van der Waals surface area contributed by atoms with E-state index in [9.17, 15) is 19.2 Å². The number of hydrogen-bond donors (Lipinski definition) is 0. The first-order valence-corrected chi connectivity index (χ1v) is 14.2. The zero-order chi connectivity index (χ0) is 27.1. The number of halogens is 1. The van der Waals surface area contributed by atoms with Crippen molar-refractivity contribution in [3.8, 4) is 11.5 Å². The van der Waals surface area contributed by atoms with E-state index in [1.54, 1.807) is 43.3 Å². The van der Waals surface area contributed by atoms with Gasteiger partial charge >= 0.3 is 10.8 Å². The number of hydrogen-bond acceptors (Lipinski definition) is 9. The van der Waals surface area contributed by atoms with Crippen molar-refractivity contribution in [2.24, 2.45) is 5.92 Å². The predicted octanol–water partition coefficient (Wildman–Crippen LogP) is 4.05. The van der Waals surface area contributed by atoms with E-state index in [1.165, 1.54) is 23.7 Å². The maximum absolute atomic E-state index is 13.9. The van der Waals surface area contributed by atoms with E-state index in [0.29, 0.717) is 32.7 Å². The fourth-order valence-corrected chi connectivity index (χ4v) is 7.88. The number of aromatic nitrogens is 1. The van der Waals surface area contributed by atoms with Gasteiger partial charge in [0.25, 0.3) is 0 Å². The summed E-state index contributed by atoms with van der Waals surface area (Å²) in [5, 5.41) is -0.299. The maximum Gasteiger partial charge on any atom is 0.326 e. The zero-order valence-electron chi connectivity index (χ0n) is 20.6. The molecular weight excluding hydrogens is 596 g/mol. The average molecular weight is 620 g/mol. The molecule has 1 fully saturated rings. The first-order valence-electron chi connectivity index (χ1n) is 11.7. The van der Waals surface area contributed by atoms with Gasteiger partial charge in [0.2, 0.25) is 11.8 Å². The SMILES string of the molecule is CCOC(=O)Cn1c2c(sc1=O)C(c1ccc(OC)c(OC)c1)C1C(=O)N(c3ccc(Br)cc3)C(=O)C1S2. The van der Waals surface area contributed by atoms with Crippen molar-refractivity contribution in [2.75, 3.05) is 25.7 Å². The van der Waals surface area contributed by atoms with Crippen LogP contribution in [0.1, 0.15) is 23.3 Å². The third-order valence-corrected chi connectivity index (χ3v) is 9.63. The predicted molar refractivity (Wildman–Crippen MR) is 146 cm³/mol. The molecule has 0 N–H and O–H groups in total. The number of rotatable bonds is 7. The second kappa shape index (κ2) is 10.6. The van der Waals surface area contributed by atoms with Gasteiger partial charge in [-0.1, -0.05) is 45.1 Å². The van der Waals surface area contributed by atoms with Gasteiger partial charge in [-0.05, 0) is 48.9 Å². The molecule has 3 heterocycles. The monoisotopic (exact) mass is 618 g/mol. The fourth-order valence-electron chi connectivity index (χ4n) is 4.84. The molecule has 1 aromatic heterocycles. The Labute approximate surface area is 234 Å². The van der Waals surface area contributed by atoms with Crippen LogP contribution in [0.2, 0.25) is 0 Å². The summed E-state index contributed by atoms with van der Waals surface area (Å²) in [7, 11) is 3.04. The van der Waals surface area contributed by atoms with Gasteiger partial charge in [-0.3, -0.25) is 23.7 Å². The van der Waals surface area contributed by atoms with Crippen LogP contribution in [0.25, 0.3) is 0 Å². The number of esters is 1. The van der Waals surface area contributed by atoms with Gasteiger partial charge in [-0.15, -0.1) is 0 Å². The molecule has 1 saturated heterocycles. The molecule has 9 nitrogen and oxygen atoms in total. The number of benzene rings is 2. The van der Waals surface area contributed by atoms with Crippen LogP contribution >= 0.6 is 39.0 Å². The Morgan fingerprint density at radius 3 is 2.37 bits per heavy atom. The summed E-state index contributed by atoms with van der Waals surface area (Å²) in [5.74, 6) is -1.68. The number of carbonyl (C=O) groups is 3. The lowest BCUT2D eigenvalue weighted by molar-refractivity contribution is -0.144. The summed E-state index contributed by atoms with van der Waals surface area (Å²) in [6, 6.07) is 12.3. The van der Waals surface area contributed by atoms with Crippen molar-refractivity contribution >= 4 is 62.5 Å². The number of methoxy groups -OCH3 is 2. The molecule has 3 atom stereocenters. The summed E-state index contributed by atoms with van der Waals surface area (Å²) in [4.78, 5) is 54.5. The molecule has 3 unspecified atom stereocenters. The van der Waals surface area contributed by atoms with Crippen LogP contribution in [0.4, 0.5) is 5.69 Å². The van der Waals surface area contributed by atoms with E-state index in [-0.39, 0.29) is 29.8 Å². The van der Waals surface area contributed by atoms with Crippen LogP contribution in [0.5, 0.6) is 11.5 Å². The fraction of sp³-hybridized carbons (Fsp3) is 0.308. The summed E-state index contributed by atoms with van der Waals surface area (Å²) >= 11 is 5.51. The van der Waals surface area contributed by atoms with Gasteiger partial charge in [0.15, 0.2) is 11.5 Å². The second-order valence-electron chi connectivity index (χ2n) is 8.57. The second-order valence-corrected chi connectivity index (χ2v) is 11.6. The molecule has 5 rings (SSSR count). The number of thioether (sulfide) groups is 1. The first kappa shape index (κ1) is 26.5. The largest absolute Gasteiger partial charge is 0.493 e. The van der Waals surface area contributed by atoms with Crippen molar-refractivity contribution in [3.05, 3.63) is 67.0 Å². The molecule has 38 heavy (non-hydrogen) atoms. The molecule has 2 aromatic carbocycles. The molecule has 2 amide bonds. The number of fused-ring (bicyclic) bond motifs is 2. The Morgan fingerprint density at radius 1 is 1.00 bits per heavy atom. The lowest BCUT2D eigenvalue weighted by Gasteiger charge is -2.31. The smallest absolute Gasteiger partial charge is 0.326 e. The van der Waals surface area contributed by atoms with E-state index < -0.39 is 23.1 Å². The molecule has 198 valence electrons. The topological polar surface area (TPSA) is 104 Å². The maximum atomic E-state index is 13.9. The van der Waals surface area contributed by atoms with Gasteiger partial charge in [0, 0.05) is 15.3 Å². The minimum absolute atomic E-state index is 0.182. The van der Waals surface area contributed by atoms with Crippen LogP contribution in [0.3, 0.4) is 0 Å². The average Bonchev–Trinajstić information content (AvgIpc) is 3.35. The first-order chi connectivity index (χ1) is 18.3. The molecule has 0 bridgehead atoms. The van der Waals surface area contributed by atoms with Crippen LogP contribution < -0.4 is 19.2 Å². The van der Waals surface area contributed by atoms with Crippen molar-refractivity contribution in [2.45, 2.75) is 29.7 Å². The van der Waals surface area contributed by atoms with Gasteiger partial charge in [0.1, 0.15) is 11.8 Å². The van der Waals surface area contributed by atoms with Crippen molar-refractivity contribution < 1.29 is 28.6 Å². The summed E-state index contributed by atoms with van der Waals surface area (Å²) in [6.07, 6.45) is 0. The summed E-state index contributed by atoms with van der Waals surface area (Å²) in [6.45, 7) is 1.59. The molecule has 12 heteroatoms. The Balaban J connectivity index is 1.67. The number of ether oxygens (including phenoxy) is 3. The molecule has 0 spiro atoms. The number of imide groups is 1. The van der Waals surface area contributed by atoms with E-state index in [1.807, 2.05) is 6.07 Å². The van der Waals surface area contributed by atoms with Crippen LogP contribution in [-0.2, 0) is 25.7 Å². The van der Waals surface area contributed by atoms with Gasteiger partial charge in [0.05, 0.1) is 37.5 Å². The molecule has 2 aliphatic heterocycles. The highest BCUT2D eigenvalue weighted by atomic mass is 79.9. The third-order valence-electron chi connectivity index (χ3n) is 6.49. The van der Waals surface area contributed by atoms with Crippen LogP contribution in [0, 0.1) is 5.92 Å². The number of anilines is 1. The normalized spacial score (nSPS) is 20.2. The Hall–Kier alpha value is -3.09. The Morgan fingerprint density at radius 2 is 1.71 bits per heavy atom. The highest BCUT2D eigenvalue weighted by Crippen LogP contribution is 2.54. The summed E-state index contributed by atoms with van der Waals surface area (Å²) < 4.78 is 18.1. The number of nitrogens with zero attached hydrogens (tertiary/aromatic N) is 2. The van der Waals surface area contributed by atoms with Crippen LogP contribution in [-0.4, -0.2) is 48.4 Å². The number of carbonyl (C=O) groups excluding carboxylic acids is 3. The Kier molecular flexibility index (Phi) is 7.38. The van der Waals surface area contributed by atoms with E-state index in [2.05, 4.69) is 15.9 Å². The molecule has 0 saturated carbocycles. The van der Waals surface area contributed by atoms with Gasteiger partial charge in [-0.2, -0.15) is 0 Å². The Bertz CT molecular complexity index is 1480. The van der Waals surface area contributed by atoms with Crippen molar-refractivity contribution in [1.29, 1.82) is 0 Å². The minimum atomic E-state index is -0.792. The number of thiazole rings is 1. The van der Waals surface area contributed by atoms with E-state index in [0.717, 1.165) is 27.6 Å². The molecule has 2 aliphatic rings. The van der Waals surface area contributed by atoms with Gasteiger partial charge < -0.3 is 14.2 Å². The molecule has 0 aliphatic carbocycles. The zero-order valence-corrected chi connectivity index (χ0v) is 23.9. The van der Waals surface area contributed by atoms with E-state index >= 15 is 0 Å². The summed E-state index contributed by atoms with van der Waals surface area (Å²) in [5.41, 5.74) is 1.17. The highest BCUT2D eigenvalue weighted by Gasteiger charge is 2.57. The number of amides is 2. The lowest BCUT2D eigenvalue weighted by Crippen LogP contribution is -2.32. The molecule has 3 aromatic rings. The van der Waals surface area contributed by atoms with Gasteiger partial charge in [-0.25, -0.2) is 4.90 Å². The molecule has 0 radical (unpaired) electrons. The molecular formula is C26H23BrN2O7S2. The standard InChI is InChI=1S/C26H23BrN2O7S2/c1-4-36-18(30)12-28-25-22(38-26(28)33)19(13-5-10-16(34-2)17(11-13)35-3)20-21(37-25)24(32)29(23(20)31)15-8-6-14(27)7-9-15/h5-11,19-21H,4,12H2,1-3H3. The van der Waals surface area contributed by atoms with Crippen LogP contribution in [0.15, 0.2) is 56.8 Å². The third kappa shape index (κ3) is 4.44. The quantitative estimate of drug-likeness (QED) is 0.289. The van der Waals surface area contributed by atoms with E-state index in [4.69, 9.17) is 14.2 Å².